The normalized spacial score (nSPS) is 13.0. The number of aromatic nitrogens is 4. The van der Waals surface area contributed by atoms with Crippen LogP contribution >= 0.6 is 22.6 Å². The third-order valence-corrected chi connectivity index (χ3v) is 12.7. The first-order chi connectivity index (χ1) is 29.0. The number of nitrogens with zero attached hydrogens (tertiary/aromatic N) is 2. The Kier molecular flexibility index (Phi) is 10.2. The van der Waals surface area contributed by atoms with E-state index in [0.29, 0.717) is 0 Å². The van der Waals surface area contributed by atoms with Crippen LogP contribution in [0.15, 0.2) is 121 Å². The van der Waals surface area contributed by atoms with Gasteiger partial charge in [0.05, 0.1) is 22.8 Å². The van der Waals surface area contributed by atoms with Crippen molar-refractivity contribution in [1.29, 1.82) is 0 Å². The van der Waals surface area contributed by atoms with E-state index < -0.39 is 0 Å². The fourth-order valence-electron chi connectivity index (χ4n) is 8.45. The minimum absolute atomic E-state index is 0.0279. The topological polar surface area (TPSA) is 57.4 Å². The number of rotatable bonds is 4. The lowest BCUT2D eigenvalue weighted by molar-refractivity contribution is 0.590. The molecule has 0 unspecified atom stereocenters. The number of nitrogens with one attached hydrogen (secondary N) is 2. The Balaban J connectivity index is 1.42. The molecule has 5 heterocycles. The second-order valence-electron chi connectivity index (χ2n) is 19.5. The number of H-pyrrole nitrogens is 2. The maximum Gasteiger partial charge on any atom is 0.0738 e. The van der Waals surface area contributed by atoms with E-state index in [9.17, 15) is 0 Å². The van der Waals surface area contributed by atoms with Crippen LogP contribution in [0.3, 0.4) is 0 Å². The van der Waals surface area contributed by atoms with Crippen LogP contribution < -0.4 is 0 Å². The van der Waals surface area contributed by atoms with Gasteiger partial charge in [-0.1, -0.05) is 147 Å². The minimum atomic E-state index is 0.0279. The molecule has 0 fully saturated rings. The zero-order valence-electron chi connectivity index (χ0n) is 36.6. The van der Waals surface area contributed by atoms with Gasteiger partial charge in [-0.2, -0.15) is 0 Å². The van der Waals surface area contributed by atoms with Crippen molar-refractivity contribution < 1.29 is 0 Å². The van der Waals surface area contributed by atoms with E-state index >= 15 is 0 Å². The Morgan fingerprint density at radius 1 is 0.328 bits per heavy atom. The summed E-state index contributed by atoms with van der Waals surface area (Å²) in [6.45, 7) is 20.3. The molecule has 304 valence electrons. The van der Waals surface area contributed by atoms with Crippen LogP contribution in [-0.2, 0) is 16.2 Å². The van der Waals surface area contributed by atoms with Gasteiger partial charge in [0.1, 0.15) is 0 Å². The third-order valence-electron chi connectivity index (χ3n) is 12.0. The summed E-state index contributed by atoms with van der Waals surface area (Å²) in [5.41, 5.74) is 20.2. The molecule has 0 aliphatic carbocycles. The predicted octanol–water partition coefficient (Wildman–Crippen LogP) is 15.8. The van der Waals surface area contributed by atoms with Crippen LogP contribution in [0.2, 0.25) is 0 Å². The minimum Gasteiger partial charge on any atom is -0.354 e. The molecule has 0 amide bonds. The highest BCUT2D eigenvalue weighted by atomic mass is 127. The molecule has 0 atom stereocenters. The molecule has 2 aliphatic rings. The summed E-state index contributed by atoms with van der Waals surface area (Å²) in [7, 11) is 0. The maximum atomic E-state index is 5.52. The van der Waals surface area contributed by atoms with E-state index in [1.807, 2.05) is 0 Å². The van der Waals surface area contributed by atoms with E-state index in [4.69, 9.17) is 9.97 Å². The Bertz CT molecular complexity index is 2870. The van der Waals surface area contributed by atoms with Crippen LogP contribution in [0.5, 0.6) is 0 Å². The lowest BCUT2D eigenvalue weighted by Gasteiger charge is -2.19. The van der Waals surface area contributed by atoms with Crippen molar-refractivity contribution in [2.24, 2.45) is 0 Å². The SMILES string of the molecule is CC(C)(C)c1ccc(-c2c3nc(c(-c4ccc(C(C)(C)C)cc4)c4ccc([nH]4)c(-c4ccc(I)cc4)c4ccc([nH]4)c(-c4ccc(C(C)(C)C)cc4)c4nc2C=C4)C=C3)cc1. The zero-order valence-corrected chi connectivity index (χ0v) is 38.8. The Morgan fingerprint density at radius 3 is 0.918 bits per heavy atom. The molecule has 8 bridgehead atoms. The molecule has 0 spiro atoms. The summed E-state index contributed by atoms with van der Waals surface area (Å²) in [5, 5.41) is 0. The lowest BCUT2D eigenvalue weighted by Crippen LogP contribution is -2.10. The summed E-state index contributed by atoms with van der Waals surface area (Å²) in [6.07, 6.45) is 8.67. The number of hydrogen-bond acceptors (Lipinski definition) is 2. The first kappa shape index (κ1) is 40.6. The first-order valence-corrected chi connectivity index (χ1v) is 22.3. The lowest BCUT2D eigenvalue weighted by atomic mass is 9.86. The Labute approximate surface area is 374 Å². The second kappa shape index (κ2) is 15.3. The fourth-order valence-corrected chi connectivity index (χ4v) is 8.81. The highest BCUT2D eigenvalue weighted by Gasteiger charge is 2.22. The third kappa shape index (κ3) is 7.96. The summed E-state index contributed by atoms with van der Waals surface area (Å²) in [5.74, 6) is 0. The van der Waals surface area contributed by atoms with E-state index in [1.165, 1.54) is 20.3 Å². The van der Waals surface area contributed by atoms with Crippen molar-refractivity contribution in [2.45, 2.75) is 78.6 Å². The van der Waals surface area contributed by atoms with Crippen LogP contribution in [0.25, 0.3) is 90.9 Å². The predicted molar refractivity (Wildman–Crippen MR) is 269 cm³/mol. The van der Waals surface area contributed by atoms with Gasteiger partial charge >= 0.3 is 0 Å². The van der Waals surface area contributed by atoms with Crippen molar-refractivity contribution >= 4 is 69.0 Å². The van der Waals surface area contributed by atoms with Gasteiger partial charge in [-0.05, 0) is 138 Å². The van der Waals surface area contributed by atoms with Gasteiger partial charge in [0.15, 0.2) is 0 Å². The van der Waals surface area contributed by atoms with Crippen molar-refractivity contribution in [3.05, 3.63) is 164 Å². The van der Waals surface area contributed by atoms with Gasteiger partial charge in [-0.3, -0.25) is 0 Å². The molecular formula is C56H53IN4. The fraction of sp³-hybridized carbons (Fsp3) is 0.214. The van der Waals surface area contributed by atoms with Crippen molar-refractivity contribution in [3.8, 4) is 44.5 Å². The first-order valence-electron chi connectivity index (χ1n) is 21.3. The molecule has 5 heteroatoms. The quantitative estimate of drug-likeness (QED) is 0.173. The molecule has 2 aliphatic heterocycles. The molecule has 0 saturated carbocycles. The molecule has 3 aromatic heterocycles. The van der Waals surface area contributed by atoms with Gasteiger partial charge in [0, 0.05) is 47.9 Å². The number of aromatic amines is 2. The molecule has 2 N–H and O–H groups in total. The molecular weight excluding hydrogens is 856 g/mol. The maximum absolute atomic E-state index is 5.52. The monoisotopic (exact) mass is 908 g/mol. The molecule has 4 aromatic carbocycles. The highest BCUT2D eigenvalue weighted by molar-refractivity contribution is 14.1. The van der Waals surface area contributed by atoms with Crippen LogP contribution in [0, 0.1) is 3.57 Å². The molecule has 0 radical (unpaired) electrons. The van der Waals surface area contributed by atoms with Gasteiger partial charge in [0.25, 0.3) is 0 Å². The van der Waals surface area contributed by atoms with Crippen LogP contribution in [0.4, 0.5) is 0 Å². The number of fused-ring (bicyclic) bond motifs is 8. The van der Waals surface area contributed by atoms with Crippen molar-refractivity contribution in [2.75, 3.05) is 0 Å². The number of hydrogen-bond donors (Lipinski definition) is 2. The number of benzene rings is 4. The molecule has 61 heavy (non-hydrogen) atoms. The summed E-state index contributed by atoms with van der Waals surface area (Å²) in [4.78, 5) is 18.9. The van der Waals surface area contributed by atoms with E-state index in [0.717, 1.165) is 89.4 Å². The van der Waals surface area contributed by atoms with Gasteiger partial charge in [0.2, 0.25) is 0 Å². The average molecular weight is 909 g/mol. The van der Waals surface area contributed by atoms with E-state index in [-0.39, 0.29) is 16.2 Å². The molecule has 7 aromatic rings. The smallest absolute Gasteiger partial charge is 0.0738 e. The Morgan fingerprint density at radius 2 is 0.590 bits per heavy atom. The van der Waals surface area contributed by atoms with E-state index in [1.54, 1.807) is 0 Å². The van der Waals surface area contributed by atoms with Crippen LogP contribution in [-0.4, -0.2) is 19.9 Å². The van der Waals surface area contributed by atoms with Crippen molar-refractivity contribution in [3.63, 3.8) is 0 Å². The summed E-state index contributed by atoms with van der Waals surface area (Å²) in [6, 6.07) is 44.6. The Hall–Kier alpha value is -5.79. The van der Waals surface area contributed by atoms with Gasteiger partial charge < -0.3 is 9.97 Å². The molecule has 4 nitrogen and oxygen atoms in total. The van der Waals surface area contributed by atoms with Gasteiger partial charge in [-0.15, -0.1) is 0 Å². The van der Waals surface area contributed by atoms with Crippen LogP contribution in [0.1, 0.15) is 102 Å². The molecule has 9 rings (SSSR count). The highest BCUT2D eigenvalue weighted by Crippen LogP contribution is 2.40. The largest absolute Gasteiger partial charge is 0.354 e. The van der Waals surface area contributed by atoms with Gasteiger partial charge in [-0.25, -0.2) is 9.97 Å². The number of halogens is 1. The standard InChI is InChI=1S/C56H53IN4/c1-54(2,3)38-18-10-34(11-19-38)50-42-26-28-44(58-42)51(35-12-20-39(21-13-35)55(4,5)6)46-30-32-48(60-46)53(37-16-24-41(57)25-17-37)49-33-31-47(61-49)52(45-29-27-43(50)59-45)36-14-22-40(23-15-36)56(7,8)9/h10-33,60-61H,1-9H3. The van der Waals surface area contributed by atoms with Crippen molar-refractivity contribution in [1.82, 2.24) is 19.9 Å². The average Bonchev–Trinajstić information content (AvgIpc) is 4.06. The summed E-state index contributed by atoms with van der Waals surface area (Å²) >= 11 is 2.38. The molecule has 0 saturated heterocycles. The second-order valence-corrected chi connectivity index (χ2v) is 20.7. The summed E-state index contributed by atoms with van der Waals surface area (Å²) < 4.78 is 1.19. The van der Waals surface area contributed by atoms with E-state index in [2.05, 4.69) is 241 Å². The zero-order chi connectivity index (χ0) is 42.8.